The molecule has 3 rings (SSSR count). The van der Waals surface area contributed by atoms with E-state index in [-0.39, 0.29) is 18.1 Å². The minimum absolute atomic E-state index is 0.0179. The number of amides is 2. The van der Waals surface area contributed by atoms with E-state index in [0.717, 1.165) is 24.1 Å². The van der Waals surface area contributed by atoms with E-state index in [9.17, 15) is 22.8 Å². The molecule has 2 amide bonds. The Morgan fingerprint density at radius 2 is 1.90 bits per heavy atom. The number of rotatable bonds is 4. The highest BCUT2D eigenvalue weighted by Gasteiger charge is 2.31. The van der Waals surface area contributed by atoms with Crippen molar-refractivity contribution in [2.75, 3.05) is 10.6 Å². The van der Waals surface area contributed by atoms with Gasteiger partial charge in [0.25, 0.3) is 0 Å². The van der Waals surface area contributed by atoms with Crippen molar-refractivity contribution in [3.05, 3.63) is 59.7 Å². The van der Waals surface area contributed by atoms with Crippen molar-refractivity contribution < 1.29 is 22.8 Å². The minimum atomic E-state index is -4.52. The number of nitrogens with one attached hydrogen (secondary N) is 3. The van der Waals surface area contributed by atoms with Crippen LogP contribution in [0.1, 0.15) is 24.5 Å². The van der Waals surface area contributed by atoms with Gasteiger partial charge in [0.15, 0.2) is 0 Å². The molecule has 1 aliphatic heterocycles. The second-order valence-electron chi connectivity index (χ2n) is 6.49. The molecule has 2 aromatic carbocycles. The van der Waals surface area contributed by atoms with Gasteiger partial charge in [0.2, 0.25) is 17.8 Å². The van der Waals surface area contributed by atoms with Crippen LogP contribution >= 0.6 is 0 Å². The first-order valence-electron chi connectivity index (χ1n) is 8.96. The van der Waals surface area contributed by atoms with E-state index in [1.807, 2.05) is 31.2 Å². The molecule has 0 fully saturated rings. The highest BCUT2D eigenvalue weighted by molar-refractivity contribution is 6.10. The number of halogens is 3. The fourth-order valence-corrected chi connectivity index (χ4v) is 2.77. The highest BCUT2D eigenvalue weighted by atomic mass is 19.4. The van der Waals surface area contributed by atoms with Gasteiger partial charge in [-0.3, -0.25) is 14.9 Å². The number of hydrogen-bond donors (Lipinski definition) is 3. The maximum atomic E-state index is 12.8. The number of aryl methyl sites for hydroxylation is 1. The van der Waals surface area contributed by atoms with Crippen LogP contribution in [0.4, 0.5) is 24.5 Å². The first-order valence-corrected chi connectivity index (χ1v) is 8.96. The van der Waals surface area contributed by atoms with Gasteiger partial charge in [-0.25, -0.2) is 4.99 Å². The van der Waals surface area contributed by atoms with Gasteiger partial charge >= 0.3 is 6.18 Å². The number of alkyl halides is 3. The van der Waals surface area contributed by atoms with Crippen LogP contribution in [0.15, 0.2) is 53.5 Å². The number of aliphatic imine (C=N–C) groups is 1. The van der Waals surface area contributed by atoms with E-state index in [2.05, 4.69) is 20.9 Å². The number of benzene rings is 2. The van der Waals surface area contributed by atoms with Crippen molar-refractivity contribution in [2.24, 2.45) is 4.99 Å². The molecule has 0 aromatic heterocycles. The van der Waals surface area contributed by atoms with E-state index in [1.54, 1.807) is 0 Å². The predicted molar refractivity (Wildman–Crippen MR) is 103 cm³/mol. The number of carbonyl (C=O) groups excluding carboxylic acids is 2. The van der Waals surface area contributed by atoms with Crippen molar-refractivity contribution in [1.29, 1.82) is 0 Å². The quantitative estimate of drug-likeness (QED) is 0.729. The SMILES string of the molecule is CCc1ccc(NC2=N[C@@H](C(=O)Nc3cccc(C(F)(F)F)c3)CC(=O)N2)cc1. The molecule has 9 heteroatoms. The molecule has 29 heavy (non-hydrogen) atoms. The van der Waals surface area contributed by atoms with Gasteiger partial charge in [-0.2, -0.15) is 13.2 Å². The Bertz CT molecular complexity index is 939. The molecule has 1 atom stereocenters. The summed E-state index contributed by atoms with van der Waals surface area (Å²) >= 11 is 0. The number of nitrogens with zero attached hydrogens (tertiary/aromatic N) is 1. The van der Waals surface area contributed by atoms with E-state index in [1.165, 1.54) is 12.1 Å². The smallest absolute Gasteiger partial charge is 0.326 e. The number of anilines is 2. The van der Waals surface area contributed by atoms with Gasteiger partial charge in [0.1, 0.15) is 6.04 Å². The Labute approximate surface area is 165 Å². The summed E-state index contributed by atoms with van der Waals surface area (Å²) in [6, 6.07) is 10.7. The highest BCUT2D eigenvalue weighted by Crippen LogP contribution is 2.30. The molecule has 0 spiro atoms. The largest absolute Gasteiger partial charge is 0.416 e. The van der Waals surface area contributed by atoms with Crippen molar-refractivity contribution in [3.63, 3.8) is 0 Å². The lowest BCUT2D eigenvalue weighted by Gasteiger charge is -2.21. The molecule has 0 saturated heterocycles. The van der Waals surface area contributed by atoms with Crippen molar-refractivity contribution >= 4 is 29.1 Å². The maximum absolute atomic E-state index is 12.8. The molecular formula is C20H19F3N4O2. The van der Waals surface area contributed by atoms with Crippen LogP contribution in [0.2, 0.25) is 0 Å². The lowest BCUT2D eigenvalue weighted by molar-refractivity contribution is -0.137. The molecule has 1 aliphatic rings. The topological polar surface area (TPSA) is 82.6 Å². The third-order valence-corrected chi connectivity index (χ3v) is 4.31. The average Bonchev–Trinajstić information content (AvgIpc) is 2.67. The van der Waals surface area contributed by atoms with Gasteiger partial charge in [-0.15, -0.1) is 0 Å². The van der Waals surface area contributed by atoms with E-state index in [4.69, 9.17) is 0 Å². The Kier molecular flexibility index (Phi) is 5.86. The molecule has 0 bridgehead atoms. The Morgan fingerprint density at radius 1 is 1.17 bits per heavy atom. The lowest BCUT2D eigenvalue weighted by Crippen LogP contribution is -2.45. The number of carbonyl (C=O) groups is 2. The van der Waals surface area contributed by atoms with Crippen LogP contribution in [-0.2, 0) is 22.2 Å². The number of hydrogen-bond acceptors (Lipinski definition) is 4. The summed E-state index contributed by atoms with van der Waals surface area (Å²) in [4.78, 5) is 28.6. The molecular weight excluding hydrogens is 385 g/mol. The fraction of sp³-hybridized carbons (Fsp3) is 0.250. The molecule has 152 valence electrons. The monoisotopic (exact) mass is 404 g/mol. The summed E-state index contributed by atoms with van der Waals surface area (Å²) in [7, 11) is 0. The zero-order valence-corrected chi connectivity index (χ0v) is 15.5. The first-order chi connectivity index (χ1) is 13.7. The van der Waals surface area contributed by atoms with Crippen LogP contribution in [0.5, 0.6) is 0 Å². The third kappa shape index (κ3) is 5.34. The third-order valence-electron chi connectivity index (χ3n) is 4.31. The summed E-state index contributed by atoms with van der Waals surface area (Å²) in [5, 5.41) is 7.86. The van der Waals surface area contributed by atoms with Crippen molar-refractivity contribution in [3.8, 4) is 0 Å². The van der Waals surface area contributed by atoms with E-state index >= 15 is 0 Å². The maximum Gasteiger partial charge on any atom is 0.416 e. The van der Waals surface area contributed by atoms with Crippen LogP contribution in [0.25, 0.3) is 0 Å². The summed E-state index contributed by atoms with van der Waals surface area (Å²) in [5.74, 6) is -0.980. The van der Waals surface area contributed by atoms with Crippen LogP contribution < -0.4 is 16.0 Å². The normalized spacial score (nSPS) is 16.6. The van der Waals surface area contributed by atoms with Crippen molar-refractivity contribution in [2.45, 2.75) is 32.0 Å². The van der Waals surface area contributed by atoms with E-state index in [0.29, 0.717) is 5.69 Å². The molecule has 0 saturated carbocycles. The Morgan fingerprint density at radius 3 is 2.55 bits per heavy atom. The van der Waals surface area contributed by atoms with Gasteiger partial charge < -0.3 is 10.6 Å². The van der Waals surface area contributed by atoms with Gasteiger partial charge in [0.05, 0.1) is 12.0 Å². The standard InChI is InChI=1S/C20H19F3N4O2/c1-2-12-6-8-14(9-7-12)25-19-26-16(11-17(28)27-19)18(29)24-15-5-3-4-13(10-15)20(21,22)23/h3-10,16H,2,11H2,1H3,(H,24,29)(H2,25,26,27,28)/t16-/m1/s1. The van der Waals surface area contributed by atoms with Gasteiger partial charge in [-0.1, -0.05) is 25.1 Å². The Balaban J connectivity index is 1.72. The van der Waals surface area contributed by atoms with Gasteiger partial charge in [0, 0.05) is 11.4 Å². The average molecular weight is 404 g/mol. The molecule has 1 heterocycles. The first kappa shape index (κ1) is 20.4. The molecule has 0 aliphatic carbocycles. The van der Waals surface area contributed by atoms with Crippen LogP contribution in [-0.4, -0.2) is 23.8 Å². The summed E-state index contributed by atoms with van der Waals surface area (Å²) in [5.41, 5.74) is 0.928. The summed E-state index contributed by atoms with van der Waals surface area (Å²) < 4.78 is 38.5. The van der Waals surface area contributed by atoms with E-state index < -0.39 is 29.6 Å². The summed E-state index contributed by atoms with van der Waals surface area (Å²) in [6.45, 7) is 2.03. The molecule has 6 nitrogen and oxygen atoms in total. The van der Waals surface area contributed by atoms with Crippen molar-refractivity contribution in [1.82, 2.24) is 5.32 Å². The lowest BCUT2D eigenvalue weighted by atomic mass is 10.1. The molecule has 0 radical (unpaired) electrons. The second kappa shape index (κ2) is 8.34. The van der Waals surface area contributed by atoms with Gasteiger partial charge in [-0.05, 0) is 42.3 Å². The predicted octanol–water partition coefficient (Wildman–Crippen LogP) is 3.56. The fourth-order valence-electron chi connectivity index (χ4n) is 2.77. The number of guanidine groups is 1. The zero-order chi connectivity index (χ0) is 21.0. The summed E-state index contributed by atoms with van der Waals surface area (Å²) in [6.07, 6.45) is -3.84. The molecule has 3 N–H and O–H groups in total. The molecule has 2 aromatic rings. The Hall–Kier alpha value is -3.36. The molecule has 0 unspecified atom stereocenters. The second-order valence-corrected chi connectivity index (χ2v) is 6.49. The van der Waals surface area contributed by atoms with Crippen LogP contribution in [0.3, 0.4) is 0 Å². The zero-order valence-electron chi connectivity index (χ0n) is 15.5. The minimum Gasteiger partial charge on any atom is -0.326 e. The van der Waals surface area contributed by atoms with Crippen LogP contribution in [0, 0.1) is 0 Å².